The van der Waals surface area contributed by atoms with Crippen molar-refractivity contribution in [1.82, 2.24) is 10.6 Å². The number of carbonyl (C=O) groups is 1. The molecule has 1 aliphatic heterocycles. The number of amides is 2. The van der Waals surface area contributed by atoms with Gasteiger partial charge in [0.2, 0.25) is 0 Å². The van der Waals surface area contributed by atoms with Crippen molar-refractivity contribution in [2.75, 3.05) is 13.2 Å². The van der Waals surface area contributed by atoms with E-state index in [1.807, 2.05) is 60.7 Å². The summed E-state index contributed by atoms with van der Waals surface area (Å²) in [5, 5.41) is 16.3. The largest absolute Gasteiger partial charge is 0.384 e. The summed E-state index contributed by atoms with van der Waals surface area (Å²) in [5.41, 5.74) is 0.701. The fourth-order valence-electron chi connectivity index (χ4n) is 3.08. The Bertz CT molecular complexity index is 689. The van der Waals surface area contributed by atoms with E-state index < -0.39 is 5.60 Å². The molecular weight excluding hydrogens is 316 g/mol. The second kappa shape index (κ2) is 7.68. The number of rotatable bonds is 5. The van der Waals surface area contributed by atoms with Crippen molar-refractivity contribution < 1.29 is 14.6 Å². The standard InChI is InChI=1S/C20H24N2O3/c1-20(24,16-10-6-3-7-11-16)14-21-19(23)22-17-12-13-25-18(17)15-8-4-2-5-9-15/h2-11,17-18,24H,12-14H2,1H3,(H2,21,22,23)/t17-,18+,20-/m0/s1. The van der Waals surface area contributed by atoms with Gasteiger partial charge in [0.15, 0.2) is 0 Å². The van der Waals surface area contributed by atoms with Crippen LogP contribution in [0, 0.1) is 0 Å². The molecule has 0 bridgehead atoms. The maximum atomic E-state index is 12.3. The quantitative estimate of drug-likeness (QED) is 0.784. The fourth-order valence-corrected chi connectivity index (χ4v) is 3.08. The first kappa shape index (κ1) is 17.5. The normalized spacial score (nSPS) is 22.2. The smallest absolute Gasteiger partial charge is 0.315 e. The van der Waals surface area contributed by atoms with Gasteiger partial charge in [-0.2, -0.15) is 0 Å². The summed E-state index contributed by atoms with van der Waals surface area (Å²) in [6.07, 6.45) is 0.629. The second-order valence-electron chi connectivity index (χ2n) is 6.56. The lowest BCUT2D eigenvalue weighted by Gasteiger charge is -2.25. The highest BCUT2D eigenvalue weighted by Gasteiger charge is 2.31. The Morgan fingerprint density at radius 2 is 1.80 bits per heavy atom. The molecule has 25 heavy (non-hydrogen) atoms. The molecule has 1 aliphatic rings. The van der Waals surface area contributed by atoms with Crippen LogP contribution in [0.4, 0.5) is 4.79 Å². The van der Waals surface area contributed by atoms with Crippen LogP contribution in [0.1, 0.15) is 30.6 Å². The molecule has 0 unspecified atom stereocenters. The molecule has 1 heterocycles. The summed E-state index contributed by atoms with van der Waals surface area (Å²) in [6, 6.07) is 18.8. The van der Waals surface area contributed by atoms with Crippen LogP contribution in [0.25, 0.3) is 0 Å². The van der Waals surface area contributed by atoms with Gasteiger partial charge in [-0.05, 0) is 24.5 Å². The Balaban J connectivity index is 1.55. The number of benzene rings is 2. The lowest BCUT2D eigenvalue weighted by molar-refractivity contribution is 0.0588. The second-order valence-corrected chi connectivity index (χ2v) is 6.56. The van der Waals surface area contributed by atoms with Gasteiger partial charge in [-0.15, -0.1) is 0 Å². The van der Waals surface area contributed by atoms with Crippen molar-refractivity contribution in [3.05, 3.63) is 71.8 Å². The Morgan fingerprint density at radius 1 is 1.16 bits per heavy atom. The molecule has 132 valence electrons. The summed E-state index contributed by atoms with van der Waals surface area (Å²) in [5.74, 6) is 0. The zero-order valence-electron chi connectivity index (χ0n) is 14.3. The summed E-state index contributed by atoms with van der Waals surface area (Å²) in [6.45, 7) is 2.44. The zero-order chi connectivity index (χ0) is 17.7. The van der Waals surface area contributed by atoms with Crippen molar-refractivity contribution in [3.8, 4) is 0 Å². The van der Waals surface area contributed by atoms with Crippen LogP contribution in [-0.2, 0) is 10.3 Å². The molecule has 1 saturated heterocycles. The average Bonchev–Trinajstić information content (AvgIpc) is 3.10. The Kier molecular flexibility index (Phi) is 5.36. The minimum Gasteiger partial charge on any atom is -0.384 e. The molecule has 2 aromatic rings. The zero-order valence-corrected chi connectivity index (χ0v) is 14.3. The predicted molar refractivity (Wildman–Crippen MR) is 96.1 cm³/mol. The minimum absolute atomic E-state index is 0.0796. The number of hydrogen-bond donors (Lipinski definition) is 3. The van der Waals surface area contributed by atoms with Gasteiger partial charge in [0, 0.05) is 6.61 Å². The maximum absolute atomic E-state index is 12.3. The van der Waals surface area contributed by atoms with Gasteiger partial charge in [-0.1, -0.05) is 60.7 Å². The van der Waals surface area contributed by atoms with E-state index in [2.05, 4.69) is 10.6 Å². The van der Waals surface area contributed by atoms with E-state index in [-0.39, 0.29) is 24.7 Å². The SMILES string of the molecule is C[C@](O)(CNC(=O)N[C@H]1CCO[C@@H]1c1ccccc1)c1ccccc1. The van der Waals surface area contributed by atoms with E-state index in [1.165, 1.54) is 0 Å². The van der Waals surface area contributed by atoms with Crippen LogP contribution < -0.4 is 10.6 Å². The van der Waals surface area contributed by atoms with Gasteiger partial charge in [0.05, 0.1) is 12.6 Å². The number of carbonyl (C=O) groups excluding carboxylic acids is 1. The van der Waals surface area contributed by atoms with Crippen LogP contribution >= 0.6 is 0 Å². The fraction of sp³-hybridized carbons (Fsp3) is 0.350. The molecule has 5 nitrogen and oxygen atoms in total. The third kappa shape index (κ3) is 4.38. The van der Waals surface area contributed by atoms with Crippen molar-refractivity contribution in [2.45, 2.75) is 31.1 Å². The van der Waals surface area contributed by atoms with Crippen LogP contribution in [0.2, 0.25) is 0 Å². The van der Waals surface area contributed by atoms with E-state index in [4.69, 9.17) is 4.74 Å². The van der Waals surface area contributed by atoms with Gasteiger partial charge in [-0.3, -0.25) is 0 Å². The molecule has 3 N–H and O–H groups in total. The van der Waals surface area contributed by atoms with Gasteiger partial charge in [0.1, 0.15) is 11.7 Å². The van der Waals surface area contributed by atoms with Crippen LogP contribution in [0.3, 0.4) is 0 Å². The summed E-state index contributed by atoms with van der Waals surface area (Å²) >= 11 is 0. The molecule has 0 aliphatic carbocycles. The average molecular weight is 340 g/mol. The third-order valence-electron chi connectivity index (χ3n) is 4.53. The summed E-state index contributed by atoms with van der Waals surface area (Å²) in [4.78, 5) is 12.3. The van der Waals surface area contributed by atoms with Gasteiger partial charge < -0.3 is 20.5 Å². The topological polar surface area (TPSA) is 70.6 Å². The first-order valence-corrected chi connectivity index (χ1v) is 8.55. The maximum Gasteiger partial charge on any atom is 0.315 e. The van der Waals surface area contributed by atoms with Gasteiger partial charge in [-0.25, -0.2) is 4.79 Å². The molecule has 2 amide bonds. The Labute approximate surface area is 148 Å². The van der Waals surface area contributed by atoms with E-state index in [0.717, 1.165) is 17.5 Å². The first-order chi connectivity index (χ1) is 12.1. The van der Waals surface area contributed by atoms with E-state index in [1.54, 1.807) is 6.92 Å². The van der Waals surface area contributed by atoms with Crippen molar-refractivity contribution in [2.24, 2.45) is 0 Å². The molecule has 3 rings (SSSR count). The lowest BCUT2D eigenvalue weighted by Crippen LogP contribution is -2.47. The summed E-state index contributed by atoms with van der Waals surface area (Å²) in [7, 11) is 0. The van der Waals surface area contributed by atoms with E-state index in [9.17, 15) is 9.90 Å². The van der Waals surface area contributed by atoms with Crippen molar-refractivity contribution in [3.63, 3.8) is 0 Å². The van der Waals surface area contributed by atoms with E-state index >= 15 is 0 Å². The van der Waals surface area contributed by atoms with Crippen LogP contribution in [-0.4, -0.2) is 30.3 Å². The first-order valence-electron chi connectivity index (χ1n) is 8.55. The predicted octanol–water partition coefficient (Wildman–Crippen LogP) is 2.72. The number of aliphatic hydroxyl groups is 1. The molecular formula is C20H24N2O3. The van der Waals surface area contributed by atoms with Crippen molar-refractivity contribution >= 4 is 6.03 Å². The molecule has 0 radical (unpaired) electrons. The summed E-state index contributed by atoms with van der Waals surface area (Å²) < 4.78 is 5.78. The Morgan fingerprint density at radius 3 is 2.48 bits per heavy atom. The molecule has 2 aromatic carbocycles. The molecule has 5 heteroatoms. The monoisotopic (exact) mass is 340 g/mol. The lowest BCUT2D eigenvalue weighted by atomic mass is 9.96. The van der Waals surface area contributed by atoms with Crippen LogP contribution in [0.5, 0.6) is 0 Å². The number of hydrogen-bond acceptors (Lipinski definition) is 3. The molecule has 1 fully saturated rings. The number of ether oxygens (including phenoxy) is 1. The van der Waals surface area contributed by atoms with Gasteiger partial charge >= 0.3 is 6.03 Å². The highest BCUT2D eigenvalue weighted by atomic mass is 16.5. The highest BCUT2D eigenvalue weighted by molar-refractivity contribution is 5.74. The molecule has 3 atom stereocenters. The molecule has 0 saturated carbocycles. The third-order valence-corrected chi connectivity index (χ3v) is 4.53. The van der Waals surface area contributed by atoms with Gasteiger partial charge in [0.25, 0.3) is 0 Å². The van der Waals surface area contributed by atoms with Crippen molar-refractivity contribution in [1.29, 1.82) is 0 Å². The van der Waals surface area contributed by atoms with Crippen LogP contribution in [0.15, 0.2) is 60.7 Å². The number of nitrogens with one attached hydrogen (secondary N) is 2. The minimum atomic E-state index is -1.12. The molecule has 0 aromatic heterocycles. The van der Waals surface area contributed by atoms with E-state index in [0.29, 0.717) is 6.61 Å². The Hall–Kier alpha value is -2.37. The molecule has 0 spiro atoms. The highest BCUT2D eigenvalue weighted by Crippen LogP contribution is 2.28. The number of urea groups is 1.